The van der Waals surface area contributed by atoms with Crippen molar-refractivity contribution >= 4 is 5.91 Å². The second-order valence-corrected chi connectivity index (χ2v) is 5.06. The van der Waals surface area contributed by atoms with Gasteiger partial charge in [0.25, 0.3) is 0 Å². The first kappa shape index (κ1) is 15.4. The van der Waals surface area contributed by atoms with Gasteiger partial charge >= 0.3 is 0 Å². The van der Waals surface area contributed by atoms with Gasteiger partial charge in [0.2, 0.25) is 5.91 Å². The van der Waals surface area contributed by atoms with Crippen LogP contribution in [0.1, 0.15) is 41.0 Å². The van der Waals surface area contributed by atoms with Gasteiger partial charge in [0, 0.05) is 19.5 Å². The van der Waals surface area contributed by atoms with E-state index in [0.717, 1.165) is 19.6 Å². The van der Waals surface area contributed by atoms with E-state index in [9.17, 15) is 4.79 Å². The van der Waals surface area contributed by atoms with Crippen LogP contribution >= 0.6 is 0 Å². The third kappa shape index (κ3) is 6.83. The standard InChI is InChI=1S/C13H28N2O/c1-6-15-13(16)7-8-14-9-12(10(2)3)11(4)5/h10-12,14H,6-9H2,1-5H3,(H,15,16). The highest BCUT2D eigenvalue weighted by molar-refractivity contribution is 5.75. The van der Waals surface area contributed by atoms with Crippen molar-refractivity contribution in [2.75, 3.05) is 19.6 Å². The Bertz CT molecular complexity index is 182. The van der Waals surface area contributed by atoms with Gasteiger partial charge < -0.3 is 10.6 Å². The Morgan fingerprint density at radius 2 is 1.69 bits per heavy atom. The van der Waals surface area contributed by atoms with E-state index >= 15 is 0 Å². The van der Waals surface area contributed by atoms with E-state index in [1.807, 2.05) is 6.92 Å². The van der Waals surface area contributed by atoms with E-state index < -0.39 is 0 Å². The van der Waals surface area contributed by atoms with Crippen molar-refractivity contribution in [2.24, 2.45) is 17.8 Å². The normalized spacial score (nSPS) is 11.5. The highest BCUT2D eigenvalue weighted by Gasteiger charge is 2.16. The van der Waals surface area contributed by atoms with E-state index in [1.165, 1.54) is 0 Å². The van der Waals surface area contributed by atoms with Gasteiger partial charge in [-0.1, -0.05) is 27.7 Å². The lowest BCUT2D eigenvalue weighted by atomic mass is 9.85. The van der Waals surface area contributed by atoms with Gasteiger partial charge in [0.15, 0.2) is 0 Å². The Morgan fingerprint density at radius 3 is 2.12 bits per heavy atom. The van der Waals surface area contributed by atoms with E-state index in [2.05, 4.69) is 38.3 Å². The molecule has 2 N–H and O–H groups in total. The lowest BCUT2D eigenvalue weighted by Crippen LogP contribution is -2.33. The van der Waals surface area contributed by atoms with Crippen LogP contribution in [0.15, 0.2) is 0 Å². The zero-order valence-electron chi connectivity index (χ0n) is 11.5. The third-order valence-electron chi connectivity index (χ3n) is 3.00. The van der Waals surface area contributed by atoms with Crippen molar-refractivity contribution in [3.8, 4) is 0 Å². The number of rotatable bonds is 8. The molecule has 96 valence electrons. The number of carbonyl (C=O) groups excluding carboxylic acids is 1. The quantitative estimate of drug-likeness (QED) is 0.624. The highest BCUT2D eigenvalue weighted by atomic mass is 16.1. The maximum absolute atomic E-state index is 11.2. The van der Waals surface area contributed by atoms with E-state index in [1.54, 1.807) is 0 Å². The molecule has 0 heterocycles. The maximum atomic E-state index is 11.2. The van der Waals surface area contributed by atoms with Crippen molar-refractivity contribution in [2.45, 2.75) is 41.0 Å². The van der Waals surface area contributed by atoms with Crippen LogP contribution in [0.2, 0.25) is 0 Å². The van der Waals surface area contributed by atoms with E-state index in [0.29, 0.717) is 24.2 Å². The molecule has 0 saturated carbocycles. The summed E-state index contributed by atoms with van der Waals surface area (Å²) in [5.74, 6) is 2.21. The van der Waals surface area contributed by atoms with Gasteiger partial charge in [-0.15, -0.1) is 0 Å². The number of nitrogens with one attached hydrogen (secondary N) is 2. The molecule has 0 saturated heterocycles. The topological polar surface area (TPSA) is 41.1 Å². The molecule has 0 aliphatic carbocycles. The molecule has 3 nitrogen and oxygen atoms in total. The van der Waals surface area contributed by atoms with Crippen molar-refractivity contribution in [3.05, 3.63) is 0 Å². The van der Waals surface area contributed by atoms with E-state index in [4.69, 9.17) is 0 Å². The van der Waals surface area contributed by atoms with Crippen LogP contribution in [0, 0.1) is 17.8 Å². The minimum absolute atomic E-state index is 0.139. The first-order chi connectivity index (χ1) is 7.49. The molecule has 0 aromatic heterocycles. The molecule has 0 radical (unpaired) electrons. The summed E-state index contributed by atoms with van der Waals surface area (Å²) in [6.45, 7) is 13.5. The monoisotopic (exact) mass is 228 g/mol. The molecule has 0 aliphatic heterocycles. The fraction of sp³-hybridized carbons (Fsp3) is 0.923. The van der Waals surface area contributed by atoms with Crippen LogP contribution in [-0.2, 0) is 4.79 Å². The van der Waals surface area contributed by atoms with Crippen LogP contribution in [0.25, 0.3) is 0 Å². The fourth-order valence-corrected chi connectivity index (χ4v) is 2.00. The van der Waals surface area contributed by atoms with Crippen LogP contribution in [0.3, 0.4) is 0 Å². The Hall–Kier alpha value is -0.570. The van der Waals surface area contributed by atoms with Gasteiger partial charge in [-0.25, -0.2) is 0 Å². The van der Waals surface area contributed by atoms with Crippen molar-refractivity contribution in [1.29, 1.82) is 0 Å². The van der Waals surface area contributed by atoms with Crippen LogP contribution in [0.4, 0.5) is 0 Å². The second kappa shape index (κ2) is 8.57. The average Bonchev–Trinajstić information content (AvgIpc) is 2.16. The van der Waals surface area contributed by atoms with Crippen molar-refractivity contribution in [1.82, 2.24) is 10.6 Å². The number of amides is 1. The van der Waals surface area contributed by atoms with Crippen LogP contribution < -0.4 is 10.6 Å². The zero-order chi connectivity index (χ0) is 12.6. The maximum Gasteiger partial charge on any atom is 0.221 e. The van der Waals surface area contributed by atoms with Gasteiger partial charge in [0.05, 0.1) is 0 Å². The lowest BCUT2D eigenvalue weighted by molar-refractivity contribution is -0.120. The lowest BCUT2D eigenvalue weighted by Gasteiger charge is -2.25. The number of hydrogen-bond donors (Lipinski definition) is 2. The molecular weight excluding hydrogens is 200 g/mol. The summed E-state index contributed by atoms with van der Waals surface area (Å²) >= 11 is 0. The number of carbonyl (C=O) groups is 1. The Morgan fingerprint density at radius 1 is 1.12 bits per heavy atom. The average molecular weight is 228 g/mol. The molecule has 0 aromatic rings. The minimum atomic E-state index is 0.139. The van der Waals surface area contributed by atoms with Gasteiger partial charge in [-0.3, -0.25) is 4.79 Å². The third-order valence-corrected chi connectivity index (χ3v) is 3.00. The Labute approximate surface area is 100 Å². The highest BCUT2D eigenvalue weighted by Crippen LogP contribution is 2.19. The molecule has 0 rings (SSSR count). The molecule has 0 atom stereocenters. The van der Waals surface area contributed by atoms with Crippen LogP contribution in [-0.4, -0.2) is 25.5 Å². The summed E-state index contributed by atoms with van der Waals surface area (Å²) in [5.41, 5.74) is 0. The second-order valence-electron chi connectivity index (χ2n) is 5.06. The molecular formula is C13H28N2O. The summed E-state index contributed by atoms with van der Waals surface area (Å²) in [4.78, 5) is 11.2. The summed E-state index contributed by atoms with van der Waals surface area (Å²) < 4.78 is 0. The van der Waals surface area contributed by atoms with Crippen LogP contribution in [0.5, 0.6) is 0 Å². The zero-order valence-corrected chi connectivity index (χ0v) is 11.5. The van der Waals surface area contributed by atoms with E-state index in [-0.39, 0.29) is 5.91 Å². The Kier molecular flexibility index (Phi) is 8.26. The predicted molar refractivity (Wildman–Crippen MR) is 69.3 cm³/mol. The molecule has 0 aromatic carbocycles. The molecule has 1 amide bonds. The largest absolute Gasteiger partial charge is 0.356 e. The van der Waals surface area contributed by atoms with Gasteiger partial charge in [-0.05, 0) is 31.2 Å². The number of hydrogen-bond acceptors (Lipinski definition) is 2. The fourth-order valence-electron chi connectivity index (χ4n) is 2.00. The molecule has 0 spiro atoms. The first-order valence-corrected chi connectivity index (χ1v) is 6.46. The van der Waals surface area contributed by atoms with Crippen molar-refractivity contribution < 1.29 is 4.79 Å². The molecule has 0 unspecified atom stereocenters. The molecule has 16 heavy (non-hydrogen) atoms. The summed E-state index contributed by atoms with van der Waals surface area (Å²) in [7, 11) is 0. The predicted octanol–water partition coefficient (Wildman–Crippen LogP) is 2.03. The molecule has 0 aliphatic rings. The Balaban J connectivity index is 3.67. The smallest absolute Gasteiger partial charge is 0.221 e. The van der Waals surface area contributed by atoms with Gasteiger partial charge in [-0.2, -0.15) is 0 Å². The molecule has 0 bridgehead atoms. The molecule has 3 heteroatoms. The summed E-state index contributed by atoms with van der Waals surface area (Å²) in [6.07, 6.45) is 0.580. The first-order valence-electron chi connectivity index (χ1n) is 6.46. The minimum Gasteiger partial charge on any atom is -0.356 e. The van der Waals surface area contributed by atoms with Crippen molar-refractivity contribution in [3.63, 3.8) is 0 Å². The summed E-state index contributed by atoms with van der Waals surface area (Å²) in [5, 5.41) is 6.18. The van der Waals surface area contributed by atoms with Gasteiger partial charge in [0.1, 0.15) is 0 Å². The molecule has 0 fully saturated rings. The summed E-state index contributed by atoms with van der Waals surface area (Å²) in [6, 6.07) is 0. The SMILES string of the molecule is CCNC(=O)CCNCC(C(C)C)C(C)C.